The number of carbonyl (C=O) groups excluding carboxylic acids is 2. The molecule has 194 valence electrons. The Kier molecular flexibility index (Phi) is 5.51. The topological polar surface area (TPSA) is 52.6 Å². The van der Waals surface area contributed by atoms with Crippen molar-refractivity contribution in [1.29, 1.82) is 0 Å². The highest BCUT2D eigenvalue weighted by molar-refractivity contribution is 5.83. The van der Waals surface area contributed by atoms with E-state index in [2.05, 4.69) is 22.6 Å². The van der Waals surface area contributed by atoms with Crippen LogP contribution in [0.5, 0.6) is 0 Å². The molecule has 2 fully saturated rings. The molecule has 34 heavy (non-hydrogen) atoms. The minimum atomic E-state index is -7.89. The van der Waals surface area contributed by atoms with Crippen molar-refractivity contribution in [3.8, 4) is 0 Å². The van der Waals surface area contributed by atoms with E-state index in [9.17, 15) is 53.5 Å². The van der Waals surface area contributed by atoms with Crippen molar-refractivity contribution in [2.24, 2.45) is 0 Å². The zero-order valence-corrected chi connectivity index (χ0v) is 15.7. The fraction of sp³-hybridized carbons (Fsp3) is 0.625. The quantitative estimate of drug-likeness (QED) is 0.300. The summed E-state index contributed by atoms with van der Waals surface area (Å²) in [5, 5.41) is 0. The SMILES string of the molecule is C=CC(=O)OC1(F)C(F)(F)C2(F)C(F)(F)C(F)(CF)C(F)(F)C(OC(=O)C=C)(C1(F)F)C2(F)F. The Morgan fingerprint density at radius 1 is 0.618 bits per heavy atom. The summed E-state index contributed by atoms with van der Waals surface area (Å²) in [6, 6.07) is 0. The molecular formula is C16H8F14O4. The van der Waals surface area contributed by atoms with Gasteiger partial charge in [0, 0.05) is 12.2 Å². The van der Waals surface area contributed by atoms with E-state index in [0.717, 1.165) is 0 Å². The molecule has 0 heterocycles. The van der Waals surface area contributed by atoms with Gasteiger partial charge in [-0.15, -0.1) is 0 Å². The van der Waals surface area contributed by atoms with Gasteiger partial charge in [0.25, 0.3) is 5.67 Å². The molecule has 2 rings (SSSR count). The molecule has 0 N–H and O–H groups in total. The third kappa shape index (κ3) is 2.18. The Bertz CT molecular complexity index is 950. The molecule has 2 saturated carbocycles. The molecule has 0 spiro atoms. The Hall–Kier alpha value is -2.56. The molecule has 0 radical (unpaired) electrons. The lowest BCUT2D eigenvalue weighted by Gasteiger charge is -2.66. The van der Waals surface area contributed by atoms with Crippen molar-refractivity contribution in [3.05, 3.63) is 25.3 Å². The Balaban J connectivity index is 3.32. The van der Waals surface area contributed by atoms with Gasteiger partial charge < -0.3 is 9.47 Å². The van der Waals surface area contributed by atoms with Crippen molar-refractivity contribution in [2.45, 2.75) is 52.4 Å². The minimum Gasteiger partial charge on any atom is -0.436 e. The Morgan fingerprint density at radius 2 is 1.03 bits per heavy atom. The second-order valence-corrected chi connectivity index (χ2v) is 6.99. The summed E-state index contributed by atoms with van der Waals surface area (Å²) in [7, 11) is 0. The number of fused-ring (bicyclic) bond motifs is 2. The highest BCUT2D eigenvalue weighted by Gasteiger charge is 3.15. The zero-order valence-electron chi connectivity index (χ0n) is 15.7. The van der Waals surface area contributed by atoms with Crippen molar-refractivity contribution in [2.75, 3.05) is 6.67 Å². The lowest BCUT2D eigenvalue weighted by atomic mass is 9.51. The van der Waals surface area contributed by atoms with Crippen molar-refractivity contribution in [1.82, 2.24) is 0 Å². The van der Waals surface area contributed by atoms with E-state index in [0.29, 0.717) is 0 Å². The smallest absolute Gasteiger partial charge is 0.386 e. The van der Waals surface area contributed by atoms with Crippen LogP contribution in [0.25, 0.3) is 0 Å². The number of alkyl halides is 14. The molecule has 0 aromatic heterocycles. The fourth-order valence-electron chi connectivity index (χ4n) is 3.68. The van der Waals surface area contributed by atoms with Gasteiger partial charge in [0.2, 0.25) is 0 Å². The van der Waals surface area contributed by atoms with E-state index < -0.39 is 83.2 Å². The maximum absolute atomic E-state index is 15.2. The van der Waals surface area contributed by atoms with Crippen LogP contribution in [0.3, 0.4) is 0 Å². The summed E-state index contributed by atoms with van der Waals surface area (Å²) in [6.45, 7) is 0.582. The molecule has 0 aliphatic heterocycles. The third-order valence-electron chi connectivity index (χ3n) is 5.44. The molecule has 0 amide bonds. The second kappa shape index (κ2) is 6.77. The van der Waals surface area contributed by atoms with Gasteiger partial charge in [-0.25, -0.2) is 22.8 Å². The van der Waals surface area contributed by atoms with Crippen LogP contribution in [0.1, 0.15) is 0 Å². The monoisotopic (exact) mass is 530 g/mol. The molecule has 18 heteroatoms. The van der Waals surface area contributed by atoms with E-state index in [1.807, 2.05) is 0 Å². The van der Waals surface area contributed by atoms with Crippen LogP contribution >= 0.6 is 0 Å². The van der Waals surface area contributed by atoms with Crippen molar-refractivity contribution in [3.63, 3.8) is 0 Å². The fourth-order valence-corrected chi connectivity index (χ4v) is 3.68. The molecule has 0 saturated heterocycles. The van der Waals surface area contributed by atoms with E-state index >= 15 is 17.6 Å². The van der Waals surface area contributed by atoms with Crippen LogP contribution in [-0.2, 0) is 19.1 Å². The molecule has 0 aromatic rings. The number of ether oxygens (including phenoxy) is 2. The summed E-state index contributed by atoms with van der Waals surface area (Å²) in [4.78, 5) is 22.5. The highest BCUT2D eigenvalue weighted by atomic mass is 19.3. The molecule has 0 aromatic carbocycles. The first-order valence-corrected chi connectivity index (χ1v) is 8.20. The van der Waals surface area contributed by atoms with Gasteiger partial charge in [-0.2, -0.15) is 48.3 Å². The summed E-state index contributed by atoms with van der Waals surface area (Å²) >= 11 is 0. The average Bonchev–Trinajstić information content (AvgIpc) is 2.72. The first kappa shape index (κ1) is 27.7. The molecule has 4 atom stereocenters. The Labute approximate surface area is 178 Å². The van der Waals surface area contributed by atoms with Crippen LogP contribution in [0, 0.1) is 0 Å². The van der Waals surface area contributed by atoms with Gasteiger partial charge in [0.15, 0.2) is 0 Å². The van der Waals surface area contributed by atoms with Crippen LogP contribution in [0.4, 0.5) is 61.5 Å². The van der Waals surface area contributed by atoms with Gasteiger partial charge in [0.05, 0.1) is 0 Å². The largest absolute Gasteiger partial charge is 0.436 e. The number of carbonyl (C=O) groups is 2. The predicted octanol–water partition coefficient (Wildman–Crippen LogP) is 4.44. The second-order valence-electron chi connectivity index (χ2n) is 6.99. The molecule has 2 aliphatic rings. The van der Waals surface area contributed by atoms with E-state index in [-0.39, 0.29) is 0 Å². The summed E-state index contributed by atoms with van der Waals surface area (Å²) in [5.74, 6) is -51.9. The standard InChI is InChI=1S/C16H8F14O4/c1-3-6(31)33-10-12(22,23)8(18,5-17)11(20,21)9(19,13(10,24)25)14(26,27)16(30,15(10,28)29)34-7(32)4-2/h3-4H,1-2,5H2. The number of rotatable bonds is 5. The molecular weight excluding hydrogens is 522 g/mol. The number of hydrogen-bond acceptors (Lipinski definition) is 4. The maximum atomic E-state index is 15.2. The lowest BCUT2D eigenvalue weighted by Crippen LogP contribution is -3.01. The minimum absolute atomic E-state index is 0.499. The van der Waals surface area contributed by atoms with Gasteiger partial charge in [0.1, 0.15) is 6.67 Å². The van der Waals surface area contributed by atoms with E-state index in [1.165, 1.54) is 0 Å². The van der Waals surface area contributed by atoms with E-state index in [1.54, 1.807) is 0 Å². The molecule has 2 aliphatic carbocycles. The summed E-state index contributed by atoms with van der Waals surface area (Å²) in [6.07, 6.45) is -1.08. The van der Waals surface area contributed by atoms with Gasteiger partial charge in [-0.3, -0.25) is 0 Å². The lowest BCUT2D eigenvalue weighted by molar-refractivity contribution is -0.567. The van der Waals surface area contributed by atoms with E-state index in [4.69, 9.17) is 0 Å². The van der Waals surface area contributed by atoms with Crippen molar-refractivity contribution >= 4 is 11.9 Å². The van der Waals surface area contributed by atoms with Gasteiger partial charge in [-0.1, -0.05) is 13.2 Å². The zero-order chi connectivity index (χ0) is 27.2. The third-order valence-corrected chi connectivity index (χ3v) is 5.44. The number of hydrogen-bond donors (Lipinski definition) is 0. The molecule has 4 nitrogen and oxygen atoms in total. The van der Waals surface area contributed by atoms with Crippen LogP contribution in [0.2, 0.25) is 0 Å². The first-order chi connectivity index (χ1) is 15.0. The van der Waals surface area contributed by atoms with Gasteiger partial charge >= 0.3 is 58.7 Å². The average molecular weight is 530 g/mol. The summed E-state index contributed by atoms with van der Waals surface area (Å²) in [5.41, 5.74) is -22.3. The maximum Gasteiger partial charge on any atom is 0.386 e. The normalized spacial score (nSPS) is 40.5. The van der Waals surface area contributed by atoms with Gasteiger partial charge in [-0.05, 0) is 0 Å². The van der Waals surface area contributed by atoms with Crippen LogP contribution < -0.4 is 0 Å². The number of halogens is 14. The predicted molar refractivity (Wildman–Crippen MR) is 77.5 cm³/mol. The van der Waals surface area contributed by atoms with Crippen LogP contribution in [0.15, 0.2) is 25.3 Å². The number of esters is 2. The highest BCUT2D eigenvalue weighted by Crippen LogP contribution is 2.80. The molecule has 2 bridgehead atoms. The Morgan fingerprint density at radius 3 is 1.41 bits per heavy atom. The van der Waals surface area contributed by atoms with Crippen molar-refractivity contribution < 1.29 is 80.5 Å². The first-order valence-electron chi connectivity index (χ1n) is 8.20. The summed E-state index contributed by atoms with van der Waals surface area (Å²) < 4.78 is 211. The van der Waals surface area contributed by atoms with Crippen LogP contribution in [-0.4, -0.2) is 71.0 Å². The molecule has 4 unspecified atom stereocenters.